The minimum absolute atomic E-state index is 0.0365. The Morgan fingerprint density at radius 2 is 1.97 bits per heavy atom. The van der Waals surface area contributed by atoms with E-state index in [1.54, 1.807) is 29.6 Å². The molecule has 164 valence electrons. The van der Waals surface area contributed by atoms with E-state index in [-0.39, 0.29) is 5.57 Å². The molecule has 0 aliphatic carbocycles. The van der Waals surface area contributed by atoms with Gasteiger partial charge < -0.3 is 10.1 Å². The first-order valence-corrected chi connectivity index (χ1v) is 11.4. The number of hydrogen-bond acceptors (Lipinski definition) is 5. The zero-order valence-corrected chi connectivity index (χ0v) is 19.1. The molecule has 3 aromatic rings. The van der Waals surface area contributed by atoms with Crippen LogP contribution in [-0.2, 0) is 9.53 Å². The van der Waals surface area contributed by atoms with Crippen LogP contribution < -0.4 is 5.32 Å². The van der Waals surface area contributed by atoms with E-state index >= 15 is 0 Å². The first kappa shape index (κ1) is 23.3. The van der Waals surface area contributed by atoms with Crippen molar-refractivity contribution < 1.29 is 9.53 Å². The molecule has 0 spiro atoms. The lowest BCUT2D eigenvalue weighted by Gasteiger charge is -2.04. The molecule has 0 saturated heterocycles. The normalized spacial score (nSPS) is 11.2. The number of amides is 1. The van der Waals surface area contributed by atoms with Crippen LogP contribution in [0.25, 0.3) is 23.0 Å². The smallest absolute Gasteiger partial charge is 0.261 e. The van der Waals surface area contributed by atoms with E-state index in [2.05, 4.69) is 24.4 Å². The van der Waals surface area contributed by atoms with E-state index in [4.69, 9.17) is 9.84 Å². The number of carbonyl (C=O) groups excluding carboxylic acids is 1. The quantitative estimate of drug-likeness (QED) is 0.211. The molecule has 0 bridgehead atoms. The Labute approximate surface area is 192 Å². The zero-order valence-electron chi connectivity index (χ0n) is 18.2. The van der Waals surface area contributed by atoms with Gasteiger partial charge in [-0.2, -0.15) is 10.4 Å². The van der Waals surface area contributed by atoms with Crippen LogP contribution in [0.4, 0.5) is 0 Å². The van der Waals surface area contributed by atoms with Gasteiger partial charge in [0, 0.05) is 42.5 Å². The van der Waals surface area contributed by atoms with Gasteiger partial charge in [0.15, 0.2) is 0 Å². The fourth-order valence-corrected chi connectivity index (χ4v) is 3.79. The van der Waals surface area contributed by atoms with Crippen molar-refractivity contribution in [2.75, 3.05) is 26.0 Å². The third-order valence-electron chi connectivity index (χ3n) is 4.68. The number of hydrogen-bond donors (Lipinski definition) is 1. The van der Waals surface area contributed by atoms with Gasteiger partial charge in [0.25, 0.3) is 5.91 Å². The maximum absolute atomic E-state index is 12.5. The van der Waals surface area contributed by atoms with E-state index < -0.39 is 5.91 Å². The van der Waals surface area contributed by atoms with Crippen molar-refractivity contribution in [3.63, 3.8) is 0 Å². The second-order valence-corrected chi connectivity index (χ2v) is 8.28. The molecule has 1 aromatic heterocycles. The summed E-state index contributed by atoms with van der Waals surface area (Å²) in [5.41, 5.74) is 3.27. The molecule has 0 fully saturated rings. The van der Waals surface area contributed by atoms with Crippen molar-refractivity contribution in [3.05, 3.63) is 71.9 Å². The van der Waals surface area contributed by atoms with Gasteiger partial charge in [-0.3, -0.25) is 4.79 Å². The molecule has 0 atom stereocenters. The molecule has 1 N–H and O–H groups in total. The summed E-state index contributed by atoms with van der Waals surface area (Å²) in [6, 6.07) is 19.9. The first-order chi connectivity index (χ1) is 15.7. The van der Waals surface area contributed by atoms with Gasteiger partial charge in [0.2, 0.25) is 0 Å². The van der Waals surface area contributed by atoms with Gasteiger partial charge in [0.1, 0.15) is 11.6 Å². The molecule has 0 radical (unpaired) electrons. The highest BCUT2D eigenvalue weighted by Gasteiger charge is 2.15. The number of nitrogens with one attached hydrogen (secondary N) is 1. The van der Waals surface area contributed by atoms with Crippen molar-refractivity contribution in [2.45, 2.75) is 18.2 Å². The summed E-state index contributed by atoms with van der Waals surface area (Å²) in [5, 5.41) is 17.1. The number of rotatable bonds is 10. The lowest BCUT2D eigenvalue weighted by atomic mass is 10.1. The fraction of sp³-hybridized carbons (Fsp3) is 0.240. The lowest BCUT2D eigenvalue weighted by Crippen LogP contribution is -2.26. The summed E-state index contributed by atoms with van der Waals surface area (Å²) in [5.74, 6) is 0.595. The topological polar surface area (TPSA) is 79.9 Å². The third kappa shape index (κ3) is 6.10. The summed E-state index contributed by atoms with van der Waals surface area (Å²) in [4.78, 5) is 13.7. The summed E-state index contributed by atoms with van der Waals surface area (Å²) in [6.45, 7) is 3.11. The van der Waals surface area contributed by atoms with Crippen molar-refractivity contribution in [2.24, 2.45) is 0 Å². The minimum Gasteiger partial charge on any atom is -0.385 e. The average Bonchev–Trinajstić information content (AvgIpc) is 3.25. The molecule has 1 heterocycles. The number of aromatic nitrogens is 2. The molecule has 6 nitrogen and oxygen atoms in total. The molecular formula is C25H26N4O2S. The monoisotopic (exact) mass is 446 g/mol. The first-order valence-electron chi connectivity index (χ1n) is 10.4. The second-order valence-electron chi connectivity index (χ2n) is 6.94. The highest BCUT2D eigenvalue weighted by atomic mass is 32.2. The average molecular weight is 447 g/mol. The summed E-state index contributed by atoms with van der Waals surface area (Å²) < 4.78 is 6.76. The van der Waals surface area contributed by atoms with Crippen LogP contribution in [0.3, 0.4) is 0 Å². The molecule has 1 amide bonds. The molecule has 0 aliphatic rings. The van der Waals surface area contributed by atoms with E-state index in [0.29, 0.717) is 30.8 Å². The van der Waals surface area contributed by atoms with E-state index in [9.17, 15) is 10.1 Å². The number of thioether (sulfide) groups is 1. The van der Waals surface area contributed by atoms with Crippen LogP contribution in [-0.4, -0.2) is 41.7 Å². The van der Waals surface area contributed by atoms with Crippen molar-refractivity contribution in [1.29, 1.82) is 5.26 Å². The lowest BCUT2D eigenvalue weighted by molar-refractivity contribution is -0.117. The number of nitrogens with zero attached hydrogens (tertiary/aromatic N) is 3. The predicted molar refractivity (Wildman–Crippen MR) is 128 cm³/mol. The second kappa shape index (κ2) is 11.9. The van der Waals surface area contributed by atoms with Crippen LogP contribution >= 0.6 is 11.8 Å². The SMILES string of the molecule is CCSc1ccc(-c2nn(-c3ccccc3)cc2C=C(C#N)C(=O)NCCCOC)cc1. The highest BCUT2D eigenvalue weighted by Crippen LogP contribution is 2.28. The van der Waals surface area contributed by atoms with Crippen LogP contribution in [0.15, 0.2) is 71.3 Å². The van der Waals surface area contributed by atoms with Gasteiger partial charge >= 0.3 is 0 Å². The Balaban J connectivity index is 1.97. The van der Waals surface area contributed by atoms with Gasteiger partial charge in [-0.1, -0.05) is 37.3 Å². The molecule has 3 rings (SSSR count). The number of methoxy groups -OCH3 is 1. The molecule has 0 saturated carbocycles. The van der Waals surface area contributed by atoms with Crippen LogP contribution in [0.1, 0.15) is 18.9 Å². The summed E-state index contributed by atoms with van der Waals surface area (Å²) in [6.07, 6.45) is 4.12. The van der Waals surface area contributed by atoms with E-state index in [0.717, 1.165) is 17.0 Å². The van der Waals surface area contributed by atoms with Crippen molar-refractivity contribution in [3.8, 4) is 23.0 Å². The number of ether oxygens (including phenoxy) is 1. The Kier molecular flexibility index (Phi) is 8.67. The third-order valence-corrected chi connectivity index (χ3v) is 5.57. The van der Waals surface area contributed by atoms with Crippen LogP contribution in [0, 0.1) is 11.3 Å². The van der Waals surface area contributed by atoms with Crippen LogP contribution in [0.5, 0.6) is 0 Å². The Bertz CT molecular complexity index is 1100. The summed E-state index contributed by atoms with van der Waals surface area (Å²) >= 11 is 1.77. The molecule has 32 heavy (non-hydrogen) atoms. The number of benzene rings is 2. The molecule has 0 unspecified atom stereocenters. The number of nitriles is 1. The van der Waals surface area contributed by atoms with Crippen molar-refractivity contribution in [1.82, 2.24) is 15.1 Å². The number of carbonyl (C=O) groups is 1. The highest BCUT2D eigenvalue weighted by molar-refractivity contribution is 7.99. The Morgan fingerprint density at radius 3 is 2.62 bits per heavy atom. The fourth-order valence-electron chi connectivity index (χ4n) is 3.12. The molecular weight excluding hydrogens is 420 g/mol. The van der Waals surface area contributed by atoms with Gasteiger partial charge in [-0.15, -0.1) is 11.8 Å². The molecule has 7 heteroatoms. The van der Waals surface area contributed by atoms with Crippen LogP contribution in [0.2, 0.25) is 0 Å². The summed E-state index contributed by atoms with van der Waals surface area (Å²) in [7, 11) is 1.61. The zero-order chi connectivity index (χ0) is 22.8. The van der Waals surface area contributed by atoms with Gasteiger partial charge in [0.05, 0.1) is 11.4 Å². The maximum atomic E-state index is 12.5. The predicted octanol–water partition coefficient (Wildman–Crippen LogP) is 4.71. The van der Waals surface area contributed by atoms with E-state index in [1.165, 1.54) is 4.90 Å². The Hall–Kier alpha value is -3.34. The molecule has 2 aromatic carbocycles. The number of para-hydroxylation sites is 1. The van der Waals surface area contributed by atoms with Crippen molar-refractivity contribution >= 4 is 23.7 Å². The standard InChI is InChI=1S/C25H26N4O2S/c1-3-32-23-12-10-19(11-13-23)24-21(18-29(28-24)22-8-5-4-6-9-22)16-20(17-26)25(30)27-14-7-15-31-2/h4-6,8-13,16,18H,3,7,14-15H2,1-2H3,(H,27,30). The maximum Gasteiger partial charge on any atom is 0.261 e. The van der Waals surface area contributed by atoms with E-state index in [1.807, 2.05) is 54.7 Å². The molecule has 0 aliphatic heterocycles. The van der Waals surface area contributed by atoms with Gasteiger partial charge in [-0.05, 0) is 42.5 Å². The Morgan fingerprint density at radius 1 is 1.22 bits per heavy atom. The largest absolute Gasteiger partial charge is 0.385 e. The minimum atomic E-state index is -0.406. The van der Waals surface area contributed by atoms with Gasteiger partial charge in [-0.25, -0.2) is 4.68 Å².